The standard InChI is InChI=1S/C10H14N4O3/c11-8(15)6-17-4-3-13-9-2-1-7(5-14-9)10(12)16/h1-2,5H,3-4,6H2,(H2,11,15)(H2,12,16)(H,13,14). The van der Waals surface area contributed by atoms with Crippen LogP contribution in [0, 0.1) is 0 Å². The Balaban J connectivity index is 2.27. The molecule has 1 heterocycles. The Morgan fingerprint density at radius 1 is 1.35 bits per heavy atom. The molecule has 0 saturated heterocycles. The summed E-state index contributed by atoms with van der Waals surface area (Å²) in [5, 5.41) is 2.94. The second kappa shape index (κ2) is 6.44. The third-order valence-electron chi connectivity index (χ3n) is 1.84. The highest BCUT2D eigenvalue weighted by Gasteiger charge is 2.00. The van der Waals surface area contributed by atoms with Crippen molar-refractivity contribution >= 4 is 17.6 Å². The predicted molar refractivity (Wildman–Crippen MR) is 61.3 cm³/mol. The smallest absolute Gasteiger partial charge is 0.250 e. The van der Waals surface area contributed by atoms with Gasteiger partial charge in [0.2, 0.25) is 11.8 Å². The van der Waals surface area contributed by atoms with Crippen LogP contribution in [0.5, 0.6) is 0 Å². The van der Waals surface area contributed by atoms with Crippen LogP contribution in [0.4, 0.5) is 5.82 Å². The molecule has 1 aromatic heterocycles. The Morgan fingerprint density at radius 3 is 2.65 bits per heavy atom. The third kappa shape index (κ3) is 4.94. The minimum absolute atomic E-state index is 0.101. The first kappa shape index (κ1) is 12.9. The molecule has 7 nitrogen and oxygen atoms in total. The first-order valence-corrected chi connectivity index (χ1v) is 4.95. The van der Waals surface area contributed by atoms with Crippen LogP contribution in [0.25, 0.3) is 0 Å². The van der Waals surface area contributed by atoms with Crippen molar-refractivity contribution in [2.45, 2.75) is 0 Å². The molecule has 0 unspecified atom stereocenters. The molecule has 0 aromatic carbocycles. The van der Waals surface area contributed by atoms with Gasteiger partial charge in [-0.25, -0.2) is 4.98 Å². The number of pyridine rings is 1. The van der Waals surface area contributed by atoms with Crippen LogP contribution in [-0.2, 0) is 9.53 Å². The van der Waals surface area contributed by atoms with E-state index in [4.69, 9.17) is 16.2 Å². The van der Waals surface area contributed by atoms with Gasteiger partial charge in [0.25, 0.3) is 0 Å². The van der Waals surface area contributed by atoms with E-state index in [-0.39, 0.29) is 6.61 Å². The van der Waals surface area contributed by atoms with Gasteiger partial charge in [-0.3, -0.25) is 9.59 Å². The molecule has 0 aliphatic carbocycles. The number of aromatic nitrogens is 1. The van der Waals surface area contributed by atoms with Gasteiger partial charge in [-0.1, -0.05) is 0 Å². The molecule has 0 spiro atoms. The van der Waals surface area contributed by atoms with Crippen molar-refractivity contribution in [2.24, 2.45) is 11.5 Å². The number of nitrogens with one attached hydrogen (secondary N) is 1. The maximum absolute atomic E-state index is 10.8. The molecular formula is C10H14N4O3. The second-order valence-corrected chi connectivity index (χ2v) is 3.24. The summed E-state index contributed by atoms with van der Waals surface area (Å²) in [5.74, 6) is -0.430. The number of anilines is 1. The van der Waals surface area contributed by atoms with Crippen molar-refractivity contribution in [3.63, 3.8) is 0 Å². The Kier molecular flexibility index (Phi) is 4.89. The molecule has 5 N–H and O–H groups in total. The number of hydrogen-bond acceptors (Lipinski definition) is 5. The van der Waals surface area contributed by atoms with E-state index in [1.165, 1.54) is 6.20 Å². The summed E-state index contributed by atoms with van der Waals surface area (Å²) in [7, 11) is 0. The summed E-state index contributed by atoms with van der Waals surface area (Å²) in [6.45, 7) is 0.716. The lowest BCUT2D eigenvalue weighted by molar-refractivity contribution is -0.122. The fourth-order valence-corrected chi connectivity index (χ4v) is 1.07. The number of nitrogens with two attached hydrogens (primary N) is 2. The van der Waals surface area contributed by atoms with Crippen LogP contribution in [-0.4, -0.2) is 36.6 Å². The molecular weight excluding hydrogens is 224 g/mol. The highest BCUT2D eigenvalue weighted by atomic mass is 16.5. The lowest BCUT2D eigenvalue weighted by atomic mass is 10.3. The van der Waals surface area contributed by atoms with Crippen LogP contribution in [0.3, 0.4) is 0 Å². The molecule has 0 atom stereocenters. The van der Waals surface area contributed by atoms with E-state index in [1.54, 1.807) is 12.1 Å². The first-order valence-electron chi connectivity index (χ1n) is 4.95. The normalized spacial score (nSPS) is 9.88. The zero-order valence-electron chi connectivity index (χ0n) is 9.18. The molecule has 0 aliphatic rings. The molecule has 2 amide bonds. The van der Waals surface area contributed by atoms with Crippen molar-refractivity contribution < 1.29 is 14.3 Å². The number of carbonyl (C=O) groups excluding carboxylic acids is 2. The number of nitrogens with zero attached hydrogens (tertiary/aromatic N) is 1. The highest BCUT2D eigenvalue weighted by molar-refractivity contribution is 5.92. The predicted octanol–water partition coefficient (Wildman–Crippen LogP) is -0.906. The highest BCUT2D eigenvalue weighted by Crippen LogP contribution is 2.03. The fourth-order valence-electron chi connectivity index (χ4n) is 1.07. The maximum atomic E-state index is 10.8. The summed E-state index contributed by atoms with van der Waals surface area (Å²) < 4.78 is 4.94. The number of rotatable bonds is 7. The van der Waals surface area contributed by atoms with Gasteiger partial charge in [0.1, 0.15) is 12.4 Å². The number of ether oxygens (including phenoxy) is 1. The number of primary amides is 2. The number of hydrogen-bond donors (Lipinski definition) is 3. The van der Waals surface area contributed by atoms with Gasteiger partial charge < -0.3 is 21.5 Å². The Labute approximate surface area is 98.1 Å². The SMILES string of the molecule is NC(=O)COCCNc1ccc(C(N)=O)cn1. The monoisotopic (exact) mass is 238 g/mol. The molecule has 92 valence electrons. The molecule has 0 fully saturated rings. The lowest BCUT2D eigenvalue weighted by Crippen LogP contribution is -2.20. The fraction of sp³-hybridized carbons (Fsp3) is 0.300. The summed E-state index contributed by atoms with van der Waals surface area (Å²) >= 11 is 0. The number of amides is 2. The molecule has 17 heavy (non-hydrogen) atoms. The Morgan fingerprint density at radius 2 is 2.12 bits per heavy atom. The second-order valence-electron chi connectivity index (χ2n) is 3.24. The van der Waals surface area contributed by atoms with Gasteiger partial charge in [0, 0.05) is 12.7 Å². The van der Waals surface area contributed by atoms with Crippen molar-refractivity contribution in [1.82, 2.24) is 4.98 Å². The van der Waals surface area contributed by atoms with E-state index in [2.05, 4.69) is 10.3 Å². The van der Waals surface area contributed by atoms with Crippen LogP contribution in [0.1, 0.15) is 10.4 Å². The topological polar surface area (TPSA) is 120 Å². The van der Waals surface area contributed by atoms with Gasteiger partial charge in [-0.05, 0) is 12.1 Å². The van der Waals surface area contributed by atoms with Crippen LogP contribution in [0.15, 0.2) is 18.3 Å². The van der Waals surface area contributed by atoms with Gasteiger partial charge in [-0.2, -0.15) is 0 Å². The lowest BCUT2D eigenvalue weighted by Gasteiger charge is -2.05. The molecule has 0 bridgehead atoms. The van der Waals surface area contributed by atoms with Crippen molar-refractivity contribution in [2.75, 3.05) is 25.1 Å². The molecule has 0 radical (unpaired) electrons. The Hall–Kier alpha value is -2.15. The van der Waals surface area contributed by atoms with E-state index in [1.807, 2.05) is 0 Å². The minimum Gasteiger partial charge on any atom is -0.370 e. The minimum atomic E-state index is -0.520. The van der Waals surface area contributed by atoms with Gasteiger partial charge in [0.05, 0.1) is 12.2 Å². The zero-order valence-corrected chi connectivity index (χ0v) is 9.18. The van der Waals surface area contributed by atoms with Crippen LogP contribution >= 0.6 is 0 Å². The largest absolute Gasteiger partial charge is 0.370 e. The summed E-state index contributed by atoms with van der Waals surface area (Å²) in [4.78, 5) is 25.1. The van der Waals surface area contributed by atoms with Gasteiger partial charge in [0.15, 0.2) is 0 Å². The third-order valence-corrected chi connectivity index (χ3v) is 1.84. The van der Waals surface area contributed by atoms with Gasteiger partial charge >= 0.3 is 0 Å². The van der Waals surface area contributed by atoms with Crippen LogP contribution < -0.4 is 16.8 Å². The van der Waals surface area contributed by atoms with Crippen molar-refractivity contribution in [3.05, 3.63) is 23.9 Å². The Bertz CT molecular complexity index is 391. The van der Waals surface area contributed by atoms with E-state index < -0.39 is 11.8 Å². The summed E-state index contributed by atoms with van der Waals surface area (Å²) in [6.07, 6.45) is 1.38. The average Bonchev–Trinajstić information content (AvgIpc) is 2.29. The first-order chi connectivity index (χ1) is 8.09. The molecule has 7 heteroatoms. The molecule has 1 rings (SSSR count). The van der Waals surface area contributed by atoms with E-state index in [0.717, 1.165) is 0 Å². The van der Waals surface area contributed by atoms with Crippen molar-refractivity contribution in [3.8, 4) is 0 Å². The van der Waals surface area contributed by atoms with E-state index in [9.17, 15) is 9.59 Å². The maximum Gasteiger partial charge on any atom is 0.250 e. The zero-order chi connectivity index (χ0) is 12.7. The quantitative estimate of drug-likeness (QED) is 0.531. The molecule has 0 aliphatic heterocycles. The summed E-state index contributed by atoms with van der Waals surface area (Å²) in [5.41, 5.74) is 10.3. The van der Waals surface area contributed by atoms with Crippen molar-refractivity contribution in [1.29, 1.82) is 0 Å². The van der Waals surface area contributed by atoms with E-state index >= 15 is 0 Å². The van der Waals surface area contributed by atoms with Gasteiger partial charge in [-0.15, -0.1) is 0 Å². The molecule has 0 saturated carbocycles. The number of carbonyl (C=O) groups is 2. The average molecular weight is 238 g/mol. The van der Waals surface area contributed by atoms with Crippen LogP contribution in [0.2, 0.25) is 0 Å². The van der Waals surface area contributed by atoms with E-state index in [0.29, 0.717) is 24.5 Å². The summed E-state index contributed by atoms with van der Waals surface area (Å²) in [6, 6.07) is 3.20. The molecule has 1 aromatic rings.